The van der Waals surface area contributed by atoms with E-state index < -0.39 is 0 Å². The van der Waals surface area contributed by atoms with Crippen LogP contribution in [0.5, 0.6) is 0 Å². The Labute approximate surface area is 117 Å². The molecule has 2 fully saturated rings. The summed E-state index contributed by atoms with van der Waals surface area (Å²) in [5.41, 5.74) is 0.534. The van der Waals surface area contributed by atoms with Crippen LogP contribution in [0.3, 0.4) is 0 Å². The first kappa shape index (κ1) is 13.1. The Bertz CT molecular complexity index is 544. The number of amides is 1. The lowest BCUT2D eigenvalue weighted by Gasteiger charge is -2.27. The molecule has 1 N–H and O–H groups in total. The third kappa shape index (κ3) is 2.84. The van der Waals surface area contributed by atoms with Gasteiger partial charge in [0.25, 0.3) is 5.56 Å². The van der Waals surface area contributed by atoms with E-state index in [2.05, 4.69) is 10.4 Å². The molecular weight excluding hydrogens is 256 g/mol. The van der Waals surface area contributed by atoms with Crippen molar-refractivity contribution in [1.82, 2.24) is 14.7 Å². The molecule has 0 atom stereocenters. The van der Waals surface area contributed by atoms with Crippen molar-refractivity contribution in [2.45, 2.75) is 44.7 Å². The van der Waals surface area contributed by atoms with Crippen LogP contribution in [0, 0.1) is 0 Å². The van der Waals surface area contributed by atoms with Crippen LogP contribution in [-0.4, -0.2) is 39.7 Å². The summed E-state index contributed by atoms with van der Waals surface area (Å²) in [6.07, 6.45) is 7.28. The third-order valence-electron chi connectivity index (χ3n) is 4.09. The molecule has 2 heterocycles. The molecule has 3 rings (SSSR count). The van der Waals surface area contributed by atoms with Crippen LogP contribution in [0.1, 0.15) is 32.1 Å². The molecule has 2 aliphatic rings. The first-order chi connectivity index (χ1) is 9.72. The average molecular weight is 276 g/mol. The number of hydrogen-bond donors (Lipinski definition) is 1. The van der Waals surface area contributed by atoms with Crippen LogP contribution < -0.4 is 10.9 Å². The van der Waals surface area contributed by atoms with Gasteiger partial charge in [0.2, 0.25) is 5.91 Å². The van der Waals surface area contributed by atoms with Crippen molar-refractivity contribution in [3.8, 4) is 0 Å². The molecule has 1 aromatic heterocycles. The van der Waals surface area contributed by atoms with Gasteiger partial charge in [-0.15, -0.1) is 0 Å². The molecule has 0 radical (unpaired) electrons. The molecular formula is C14H20N4O2. The molecule has 0 bridgehead atoms. The van der Waals surface area contributed by atoms with E-state index in [9.17, 15) is 9.59 Å². The maximum Gasteiger partial charge on any atom is 0.269 e. The molecule has 108 valence electrons. The summed E-state index contributed by atoms with van der Waals surface area (Å²) in [4.78, 5) is 25.8. The molecule has 20 heavy (non-hydrogen) atoms. The second-order valence-corrected chi connectivity index (χ2v) is 5.60. The largest absolute Gasteiger partial charge is 0.381 e. The zero-order chi connectivity index (χ0) is 13.9. The Kier molecular flexibility index (Phi) is 3.71. The molecule has 1 aliphatic carbocycles. The normalized spacial score (nSPS) is 18.9. The number of aromatic nitrogens is 2. The minimum atomic E-state index is -0.220. The van der Waals surface area contributed by atoms with Crippen molar-refractivity contribution < 1.29 is 4.79 Å². The fraction of sp³-hybridized carbons (Fsp3) is 0.643. The minimum Gasteiger partial charge on any atom is -0.381 e. The van der Waals surface area contributed by atoms with Gasteiger partial charge in [0.15, 0.2) is 0 Å². The smallest absolute Gasteiger partial charge is 0.269 e. The lowest BCUT2D eigenvalue weighted by Crippen LogP contribution is -2.36. The topological polar surface area (TPSA) is 67.2 Å². The first-order valence-corrected chi connectivity index (χ1v) is 7.34. The standard InChI is InChI=1S/C14H20N4O2/c19-13-8-12(16-11-4-3-5-11)9-15-18(13)10-14(20)17-6-1-2-7-17/h8-9,11,16H,1-7,10H2. The van der Waals surface area contributed by atoms with Crippen LogP contribution in [0.25, 0.3) is 0 Å². The van der Waals surface area contributed by atoms with Crippen LogP contribution in [-0.2, 0) is 11.3 Å². The van der Waals surface area contributed by atoms with Crippen molar-refractivity contribution >= 4 is 11.6 Å². The number of carbonyl (C=O) groups is 1. The van der Waals surface area contributed by atoms with Gasteiger partial charge in [-0.3, -0.25) is 9.59 Å². The number of nitrogens with zero attached hydrogens (tertiary/aromatic N) is 3. The van der Waals surface area contributed by atoms with E-state index >= 15 is 0 Å². The molecule has 1 saturated heterocycles. The van der Waals surface area contributed by atoms with Crippen LogP contribution >= 0.6 is 0 Å². The van der Waals surface area contributed by atoms with E-state index in [1.807, 2.05) is 0 Å². The van der Waals surface area contributed by atoms with Gasteiger partial charge in [-0.25, -0.2) is 4.68 Å². The monoisotopic (exact) mass is 276 g/mol. The second-order valence-electron chi connectivity index (χ2n) is 5.60. The number of anilines is 1. The van der Waals surface area contributed by atoms with Crippen LogP contribution in [0.15, 0.2) is 17.1 Å². The third-order valence-corrected chi connectivity index (χ3v) is 4.09. The lowest BCUT2D eigenvalue weighted by atomic mass is 9.93. The van der Waals surface area contributed by atoms with Crippen molar-refractivity contribution in [2.75, 3.05) is 18.4 Å². The predicted molar refractivity (Wildman–Crippen MR) is 75.6 cm³/mol. The molecule has 0 unspecified atom stereocenters. The summed E-state index contributed by atoms with van der Waals surface area (Å²) in [6, 6.07) is 2.00. The zero-order valence-electron chi connectivity index (χ0n) is 11.5. The van der Waals surface area contributed by atoms with E-state index in [1.165, 1.54) is 17.2 Å². The summed E-state index contributed by atoms with van der Waals surface area (Å²) < 4.78 is 1.24. The van der Waals surface area contributed by atoms with E-state index in [0.29, 0.717) is 6.04 Å². The molecule has 6 heteroatoms. The maximum atomic E-state index is 12.0. The summed E-state index contributed by atoms with van der Waals surface area (Å²) in [5, 5.41) is 7.38. The van der Waals surface area contributed by atoms with E-state index in [-0.39, 0.29) is 18.0 Å². The molecule has 6 nitrogen and oxygen atoms in total. The number of carbonyl (C=O) groups excluding carboxylic acids is 1. The Morgan fingerprint density at radius 3 is 2.65 bits per heavy atom. The van der Waals surface area contributed by atoms with Gasteiger partial charge in [0, 0.05) is 25.2 Å². The van der Waals surface area contributed by atoms with Gasteiger partial charge in [-0.05, 0) is 32.1 Å². The van der Waals surface area contributed by atoms with Gasteiger partial charge in [0.05, 0.1) is 11.9 Å². The Hall–Kier alpha value is -1.85. The van der Waals surface area contributed by atoms with Crippen molar-refractivity contribution in [2.24, 2.45) is 0 Å². The highest BCUT2D eigenvalue weighted by molar-refractivity contribution is 5.76. The van der Waals surface area contributed by atoms with E-state index in [1.54, 1.807) is 11.1 Å². The Morgan fingerprint density at radius 2 is 2.05 bits per heavy atom. The van der Waals surface area contributed by atoms with Crippen molar-refractivity contribution in [1.29, 1.82) is 0 Å². The SMILES string of the molecule is O=C(Cn1ncc(NC2CCC2)cc1=O)N1CCCC1. The van der Waals surface area contributed by atoms with Crippen molar-refractivity contribution in [3.05, 3.63) is 22.6 Å². The molecule has 1 aliphatic heterocycles. The Balaban J connectivity index is 1.64. The summed E-state index contributed by atoms with van der Waals surface area (Å²) in [6.45, 7) is 1.65. The lowest BCUT2D eigenvalue weighted by molar-refractivity contribution is -0.131. The summed E-state index contributed by atoms with van der Waals surface area (Å²) in [5.74, 6) is -0.0168. The van der Waals surface area contributed by atoms with Gasteiger partial charge < -0.3 is 10.2 Å². The predicted octanol–water partition coefficient (Wildman–Crippen LogP) is 0.830. The summed E-state index contributed by atoms with van der Waals surface area (Å²) in [7, 11) is 0. The summed E-state index contributed by atoms with van der Waals surface area (Å²) >= 11 is 0. The van der Waals surface area contributed by atoms with Crippen LogP contribution in [0.2, 0.25) is 0 Å². The molecule has 0 aromatic carbocycles. The fourth-order valence-corrected chi connectivity index (χ4v) is 2.61. The molecule has 0 spiro atoms. The van der Waals surface area contributed by atoms with Gasteiger partial charge in [-0.1, -0.05) is 0 Å². The number of rotatable bonds is 4. The van der Waals surface area contributed by atoms with Gasteiger partial charge >= 0.3 is 0 Å². The van der Waals surface area contributed by atoms with Crippen LogP contribution in [0.4, 0.5) is 5.69 Å². The molecule has 1 aromatic rings. The van der Waals surface area contributed by atoms with Gasteiger partial charge in [0.1, 0.15) is 6.54 Å². The Morgan fingerprint density at radius 1 is 1.30 bits per heavy atom. The second kappa shape index (κ2) is 5.64. The number of hydrogen-bond acceptors (Lipinski definition) is 4. The minimum absolute atomic E-state index is 0.0168. The maximum absolute atomic E-state index is 12.0. The highest BCUT2D eigenvalue weighted by Crippen LogP contribution is 2.22. The molecule has 1 saturated carbocycles. The fourth-order valence-electron chi connectivity index (χ4n) is 2.61. The van der Waals surface area contributed by atoms with Gasteiger partial charge in [-0.2, -0.15) is 5.10 Å². The van der Waals surface area contributed by atoms with E-state index in [0.717, 1.165) is 44.5 Å². The quantitative estimate of drug-likeness (QED) is 0.884. The van der Waals surface area contributed by atoms with Crippen molar-refractivity contribution in [3.63, 3.8) is 0 Å². The zero-order valence-corrected chi connectivity index (χ0v) is 11.5. The average Bonchev–Trinajstić information content (AvgIpc) is 2.91. The molecule has 1 amide bonds. The van der Waals surface area contributed by atoms with E-state index in [4.69, 9.17) is 0 Å². The first-order valence-electron chi connectivity index (χ1n) is 7.34. The number of nitrogens with one attached hydrogen (secondary N) is 1. The highest BCUT2D eigenvalue weighted by atomic mass is 16.2. The number of likely N-dealkylation sites (tertiary alicyclic amines) is 1. The highest BCUT2D eigenvalue weighted by Gasteiger charge is 2.20.